The Morgan fingerprint density at radius 3 is 3.13 bits per heavy atom. The van der Waals surface area contributed by atoms with E-state index in [2.05, 4.69) is 15.0 Å². The number of imidazole rings is 1. The second-order valence-electron chi connectivity index (χ2n) is 5.49. The van der Waals surface area contributed by atoms with E-state index in [1.54, 1.807) is 12.4 Å². The number of piperidine rings is 1. The minimum Gasteiger partial charge on any atom is -0.442 e. The summed E-state index contributed by atoms with van der Waals surface area (Å²) in [6.45, 7) is 0.709. The highest BCUT2D eigenvalue weighted by atomic mass is 32.1. The first kappa shape index (κ1) is 14.2. The third kappa shape index (κ3) is 2.57. The molecule has 0 unspecified atom stereocenters. The maximum atomic E-state index is 13.0. The molecule has 0 radical (unpaired) electrons. The van der Waals surface area contributed by atoms with E-state index < -0.39 is 0 Å². The second kappa shape index (κ2) is 6.00. The molecule has 3 aromatic heterocycles. The Kier molecular flexibility index (Phi) is 3.70. The summed E-state index contributed by atoms with van der Waals surface area (Å²) in [7, 11) is 0. The summed E-state index contributed by atoms with van der Waals surface area (Å²) < 4.78 is 5.48. The molecule has 1 N–H and O–H groups in total. The number of aromatic nitrogens is 3. The first-order valence-electron chi connectivity index (χ1n) is 7.62. The molecule has 7 heteroatoms. The van der Waals surface area contributed by atoms with Crippen LogP contribution in [0.15, 0.2) is 40.7 Å². The van der Waals surface area contributed by atoms with Crippen molar-refractivity contribution in [2.45, 2.75) is 25.3 Å². The van der Waals surface area contributed by atoms with Gasteiger partial charge in [0.25, 0.3) is 5.91 Å². The van der Waals surface area contributed by atoms with Crippen LogP contribution in [0.5, 0.6) is 0 Å². The molecule has 0 saturated carbocycles. The molecule has 4 rings (SSSR count). The number of carbonyl (C=O) groups excluding carboxylic acids is 1. The molecule has 1 atom stereocenters. The minimum atomic E-state index is -0.0942. The molecule has 118 valence electrons. The molecule has 0 spiro atoms. The highest BCUT2D eigenvalue weighted by Crippen LogP contribution is 2.33. The molecule has 1 amide bonds. The number of amides is 1. The highest BCUT2D eigenvalue weighted by Gasteiger charge is 2.33. The lowest BCUT2D eigenvalue weighted by atomic mass is 10.0. The molecule has 1 saturated heterocycles. The lowest BCUT2D eigenvalue weighted by molar-refractivity contribution is 0.0596. The summed E-state index contributed by atoms with van der Waals surface area (Å²) in [6, 6.07) is 3.84. The molecule has 23 heavy (non-hydrogen) atoms. The van der Waals surface area contributed by atoms with Crippen LogP contribution in [0.3, 0.4) is 0 Å². The van der Waals surface area contributed by atoms with Crippen molar-refractivity contribution >= 4 is 17.2 Å². The first-order valence-corrected chi connectivity index (χ1v) is 8.50. The summed E-state index contributed by atoms with van der Waals surface area (Å²) >= 11 is 1.53. The molecule has 0 aliphatic carbocycles. The molecule has 3 aromatic rings. The van der Waals surface area contributed by atoms with Crippen LogP contribution in [-0.4, -0.2) is 32.3 Å². The number of likely N-dealkylation sites (tertiary alicyclic amines) is 1. The van der Waals surface area contributed by atoms with Crippen LogP contribution >= 0.6 is 11.3 Å². The van der Waals surface area contributed by atoms with Gasteiger partial charge in [0.15, 0.2) is 17.8 Å². The maximum absolute atomic E-state index is 13.0. The molecule has 1 aliphatic rings. The predicted octanol–water partition coefficient (Wildman–Crippen LogP) is 3.49. The average molecular weight is 328 g/mol. The molecule has 6 nitrogen and oxygen atoms in total. The van der Waals surface area contributed by atoms with Gasteiger partial charge in [0.1, 0.15) is 5.82 Å². The zero-order valence-corrected chi connectivity index (χ0v) is 13.3. The number of nitrogens with zero attached hydrogens (tertiary/aromatic N) is 3. The van der Waals surface area contributed by atoms with Crippen LogP contribution in [0, 0.1) is 0 Å². The molecular weight excluding hydrogens is 312 g/mol. The Morgan fingerprint density at radius 2 is 2.35 bits per heavy atom. The summed E-state index contributed by atoms with van der Waals surface area (Å²) in [6.07, 6.45) is 7.85. The van der Waals surface area contributed by atoms with Crippen molar-refractivity contribution in [1.82, 2.24) is 19.9 Å². The van der Waals surface area contributed by atoms with Crippen LogP contribution in [0.1, 0.15) is 41.6 Å². The van der Waals surface area contributed by atoms with E-state index >= 15 is 0 Å². The monoisotopic (exact) mass is 328 g/mol. The number of aromatic amines is 1. The van der Waals surface area contributed by atoms with Crippen molar-refractivity contribution < 1.29 is 9.21 Å². The predicted molar refractivity (Wildman–Crippen MR) is 86.0 cm³/mol. The Morgan fingerprint density at radius 1 is 1.39 bits per heavy atom. The van der Waals surface area contributed by atoms with Gasteiger partial charge in [-0.2, -0.15) is 0 Å². The summed E-state index contributed by atoms with van der Waals surface area (Å²) in [5.74, 6) is 1.29. The fourth-order valence-electron chi connectivity index (χ4n) is 3.04. The van der Waals surface area contributed by atoms with Crippen LogP contribution < -0.4 is 0 Å². The van der Waals surface area contributed by atoms with E-state index in [0.717, 1.165) is 30.0 Å². The number of carbonyl (C=O) groups is 1. The Balaban J connectivity index is 1.67. The van der Waals surface area contributed by atoms with Gasteiger partial charge in [-0.15, -0.1) is 11.3 Å². The number of nitrogens with one attached hydrogen (secondary N) is 1. The number of rotatable bonds is 3. The smallest absolute Gasteiger partial charge is 0.277 e. The Hall–Kier alpha value is -2.41. The Bertz CT molecular complexity index is 779. The zero-order chi connectivity index (χ0) is 15.6. The van der Waals surface area contributed by atoms with Crippen LogP contribution in [0.2, 0.25) is 0 Å². The second-order valence-corrected chi connectivity index (χ2v) is 6.44. The molecule has 0 bridgehead atoms. The first-order chi connectivity index (χ1) is 11.3. The van der Waals surface area contributed by atoms with Crippen molar-refractivity contribution in [2.75, 3.05) is 6.54 Å². The summed E-state index contributed by atoms with van der Waals surface area (Å²) in [5, 5.41) is 1.96. The van der Waals surface area contributed by atoms with Crippen molar-refractivity contribution in [3.63, 3.8) is 0 Å². The fourth-order valence-corrected chi connectivity index (χ4v) is 3.75. The minimum absolute atomic E-state index is 0.0286. The van der Waals surface area contributed by atoms with E-state index in [1.165, 1.54) is 17.7 Å². The molecule has 0 aromatic carbocycles. The lowest BCUT2D eigenvalue weighted by Gasteiger charge is -2.34. The van der Waals surface area contributed by atoms with E-state index in [9.17, 15) is 4.79 Å². The molecule has 4 heterocycles. The van der Waals surface area contributed by atoms with Crippen molar-refractivity contribution in [3.05, 3.63) is 47.8 Å². The standard InChI is InChI=1S/C16H16N4O2S/c21-16(13-14(22-10-19-13)12-5-3-9-23-12)20-8-2-1-4-11(20)15-17-6-7-18-15/h3,5-7,9-11H,1-2,4,8H2,(H,17,18)/t11-/m1/s1. The normalized spacial score (nSPS) is 18.3. The SMILES string of the molecule is O=C(c1ncoc1-c1cccs1)N1CCCC[C@@H]1c1ncc[nH]1. The van der Waals surface area contributed by atoms with E-state index in [1.807, 2.05) is 22.4 Å². The van der Waals surface area contributed by atoms with Gasteiger partial charge in [0, 0.05) is 18.9 Å². The molecular formula is C16H16N4O2S. The van der Waals surface area contributed by atoms with E-state index in [4.69, 9.17) is 4.42 Å². The average Bonchev–Trinajstić information content (AvgIpc) is 3.35. The largest absolute Gasteiger partial charge is 0.442 e. The Labute approximate surface area is 137 Å². The third-order valence-electron chi connectivity index (χ3n) is 4.11. The third-order valence-corrected chi connectivity index (χ3v) is 4.98. The van der Waals surface area contributed by atoms with Gasteiger partial charge < -0.3 is 14.3 Å². The van der Waals surface area contributed by atoms with Gasteiger partial charge in [0.2, 0.25) is 0 Å². The quantitative estimate of drug-likeness (QED) is 0.798. The lowest BCUT2D eigenvalue weighted by Crippen LogP contribution is -2.39. The number of thiophene rings is 1. The molecule has 1 fully saturated rings. The van der Waals surface area contributed by atoms with Crippen LogP contribution in [-0.2, 0) is 0 Å². The number of hydrogen-bond donors (Lipinski definition) is 1. The number of hydrogen-bond acceptors (Lipinski definition) is 5. The van der Waals surface area contributed by atoms with Crippen LogP contribution in [0.25, 0.3) is 10.6 Å². The van der Waals surface area contributed by atoms with Gasteiger partial charge in [-0.05, 0) is 30.7 Å². The topological polar surface area (TPSA) is 75.0 Å². The number of H-pyrrole nitrogens is 1. The van der Waals surface area contributed by atoms with Gasteiger partial charge in [0.05, 0.1) is 10.9 Å². The van der Waals surface area contributed by atoms with Gasteiger partial charge in [-0.25, -0.2) is 9.97 Å². The molecule has 1 aliphatic heterocycles. The van der Waals surface area contributed by atoms with Gasteiger partial charge in [-0.1, -0.05) is 6.07 Å². The maximum Gasteiger partial charge on any atom is 0.277 e. The number of oxazole rings is 1. The van der Waals surface area contributed by atoms with Crippen LogP contribution in [0.4, 0.5) is 0 Å². The highest BCUT2D eigenvalue weighted by molar-refractivity contribution is 7.13. The van der Waals surface area contributed by atoms with E-state index in [-0.39, 0.29) is 11.9 Å². The summed E-state index contributed by atoms with van der Waals surface area (Å²) in [5.41, 5.74) is 0.380. The fraction of sp³-hybridized carbons (Fsp3) is 0.312. The summed E-state index contributed by atoms with van der Waals surface area (Å²) in [4.78, 5) is 27.5. The van der Waals surface area contributed by atoms with Gasteiger partial charge in [-0.3, -0.25) is 4.79 Å². The van der Waals surface area contributed by atoms with Crippen molar-refractivity contribution in [3.8, 4) is 10.6 Å². The van der Waals surface area contributed by atoms with Gasteiger partial charge >= 0.3 is 0 Å². The zero-order valence-electron chi connectivity index (χ0n) is 12.4. The van der Waals surface area contributed by atoms with Crippen molar-refractivity contribution in [2.24, 2.45) is 0 Å². The van der Waals surface area contributed by atoms with Crippen molar-refractivity contribution in [1.29, 1.82) is 0 Å². The van der Waals surface area contributed by atoms with E-state index in [0.29, 0.717) is 18.0 Å².